The van der Waals surface area contributed by atoms with Crippen molar-refractivity contribution in [3.63, 3.8) is 0 Å². The highest BCUT2D eigenvalue weighted by molar-refractivity contribution is 7.88. The molecule has 0 aromatic carbocycles. The molecule has 1 amide bonds. The van der Waals surface area contributed by atoms with Crippen LogP contribution in [-0.4, -0.2) is 65.7 Å². The zero-order chi connectivity index (χ0) is 18.3. The standard InChI is InChI=1S/C16H28N4O3S/c1-12-14(11-17-20(12)16(2,3)4)15(21)19-9-7-13(8-10-19)18(5)24(6,22)23/h11,13H,7-10H2,1-6H3. The molecule has 0 saturated carbocycles. The van der Waals surface area contributed by atoms with E-state index in [1.807, 2.05) is 32.4 Å². The first-order chi connectivity index (χ1) is 10.9. The third kappa shape index (κ3) is 3.80. The Bertz CT molecular complexity index is 710. The van der Waals surface area contributed by atoms with Crippen molar-refractivity contribution < 1.29 is 13.2 Å². The topological polar surface area (TPSA) is 75.5 Å². The van der Waals surface area contributed by atoms with Gasteiger partial charge in [0.15, 0.2) is 0 Å². The maximum atomic E-state index is 12.8. The van der Waals surface area contributed by atoms with Crippen LogP contribution in [0.5, 0.6) is 0 Å². The van der Waals surface area contributed by atoms with E-state index in [0.717, 1.165) is 5.69 Å². The average molecular weight is 356 g/mol. The largest absolute Gasteiger partial charge is 0.338 e. The summed E-state index contributed by atoms with van der Waals surface area (Å²) in [6.07, 6.45) is 4.16. The molecule has 1 aliphatic heterocycles. The molecule has 0 atom stereocenters. The summed E-state index contributed by atoms with van der Waals surface area (Å²) in [7, 11) is -1.59. The van der Waals surface area contributed by atoms with E-state index in [4.69, 9.17) is 0 Å². The summed E-state index contributed by atoms with van der Waals surface area (Å²) < 4.78 is 26.6. The average Bonchev–Trinajstić information content (AvgIpc) is 2.86. The lowest BCUT2D eigenvalue weighted by molar-refractivity contribution is 0.0685. The number of carbonyl (C=O) groups excluding carboxylic acids is 1. The number of nitrogens with zero attached hydrogens (tertiary/aromatic N) is 4. The molecular weight excluding hydrogens is 328 g/mol. The second kappa shape index (κ2) is 6.48. The minimum Gasteiger partial charge on any atom is -0.338 e. The van der Waals surface area contributed by atoms with Gasteiger partial charge < -0.3 is 4.90 Å². The summed E-state index contributed by atoms with van der Waals surface area (Å²) in [6, 6.07) is -0.0394. The minimum absolute atomic E-state index is 0.0246. The van der Waals surface area contributed by atoms with E-state index in [-0.39, 0.29) is 17.5 Å². The molecule has 1 saturated heterocycles. The Morgan fingerprint density at radius 2 is 1.83 bits per heavy atom. The first-order valence-corrected chi connectivity index (χ1v) is 10.0. The zero-order valence-electron chi connectivity index (χ0n) is 15.4. The summed E-state index contributed by atoms with van der Waals surface area (Å²) >= 11 is 0. The van der Waals surface area contributed by atoms with Gasteiger partial charge in [0.2, 0.25) is 10.0 Å². The predicted octanol–water partition coefficient (Wildman–Crippen LogP) is 1.44. The molecule has 7 nitrogen and oxygen atoms in total. The summed E-state index contributed by atoms with van der Waals surface area (Å²) in [4.78, 5) is 14.6. The van der Waals surface area contributed by atoms with Crippen LogP contribution in [0.15, 0.2) is 6.20 Å². The number of hydrogen-bond acceptors (Lipinski definition) is 4. The highest BCUT2D eigenvalue weighted by Crippen LogP contribution is 2.22. The normalized spacial score (nSPS) is 17.5. The van der Waals surface area contributed by atoms with Crippen LogP contribution >= 0.6 is 0 Å². The second-order valence-corrected chi connectivity index (χ2v) is 9.57. The van der Waals surface area contributed by atoms with Crippen LogP contribution in [0.4, 0.5) is 0 Å². The minimum atomic E-state index is -3.20. The highest BCUT2D eigenvalue weighted by Gasteiger charge is 2.31. The molecule has 1 aromatic heterocycles. The molecule has 1 aliphatic rings. The quantitative estimate of drug-likeness (QED) is 0.821. The van der Waals surface area contributed by atoms with E-state index in [1.54, 1.807) is 18.1 Å². The molecule has 0 aliphatic carbocycles. The Hall–Kier alpha value is -1.41. The lowest BCUT2D eigenvalue weighted by atomic mass is 10.0. The van der Waals surface area contributed by atoms with Crippen molar-refractivity contribution >= 4 is 15.9 Å². The first kappa shape index (κ1) is 18.9. The van der Waals surface area contributed by atoms with Crippen molar-refractivity contribution in [2.75, 3.05) is 26.4 Å². The Morgan fingerprint density at radius 3 is 2.25 bits per heavy atom. The van der Waals surface area contributed by atoms with E-state index < -0.39 is 10.0 Å². The van der Waals surface area contributed by atoms with E-state index in [9.17, 15) is 13.2 Å². The number of amides is 1. The molecule has 0 bridgehead atoms. The number of piperidine rings is 1. The molecule has 2 heterocycles. The molecule has 1 fully saturated rings. The zero-order valence-corrected chi connectivity index (χ0v) is 16.2. The molecule has 8 heteroatoms. The van der Waals surface area contributed by atoms with Gasteiger partial charge in [-0.3, -0.25) is 9.48 Å². The highest BCUT2D eigenvalue weighted by atomic mass is 32.2. The van der Waals surface area contributed by atoms with Gasteiger partial charge in [0, 0.05) is 31.9 Å². The maximum Gasteiger partial charge on any atom is 0.257 e. The van der Waals surface area contributed by atoms with Crippen molar-refractivity contribution in [2.24, 2.45) is 0 Å². The maximum absolute atomic E-state index is 12.8. The van der Waals surface area contributed by atoms with Crippen molar-refractivity contribution in [1.82, 2.24) is 19.0 Å². The summed E-state index contributed by atoms with van der Waals surface area (Å²) in [5.74, 6) is -0.0246. The van der Waals surface area contributed by atoms with Gasteiger partial charge in [0.25, 0.3) is 5.91 Å². The lowest BCUT2D eigenvalue weighted by Gasteiger charge is -2.35. The molecular formula is C16H28N4O3S. The van der Waals surface area contributed by atoms with Gasteiger partial charge in [-0.15, -0.1) is 0 Å². The molecule has 24 heavy (non-hydrogen) atoms. The lowest BCUT2D eigenvalue weighted by Crippen LogP contribution is -2.47. The number of sulfonamides is 1. The van der Waals surface area contributed by atoms with Crippen molar-refractivity contribution in [3.8, 4) is 0 Å². The summed E-state index contributed by atoms with van der Waals surface area (Å²) in [6.45, 7) is 9.18. The van der Waals surface area contributed by atoms with Crippen LogP contribution in [-0.2, 0) is 15.6 Å². The summed E-state index contributed by atoms with van der Waals surface area (Å²) in [5, 5.41) is 4.36. The number of hydrogen-bond donors (Lipinski definition) is 0. The van der Waals surface area contributed by atoms with Gasteiger partial charge in [-0.25, -0.2) is 12.7 Å². The Balaban J connectivity index is 2.08. The van der Waals surface area contributed by atoms with Crippen LogP contribution in [0.25, 0.3) is 0 Å². The van der Waals surface area contributed by atoms with Gasteiger partial charge >= 0.3 is 0 Å². The summed E-state index contributed by atoms with van der Waals surface area (Å²) in [5.41, 5.74) is 1.32. The molecule has 1 aromatic rings. The second-order valence-electron chi connectivity index (χ2n) is 7.53. The van der Waals surface area contributed by atoms with Crippen LogP contribution in [0, 0.1) is 6.92 Å². The Labute approximate surface area is 144 Å². The fourth-order valence-corrected chi connectivity index (χ4v) is 3.92. The number of likely N-dealkylation sites (tertiary alicyclic amines) is 1. The third-order valence-corrected chi connectivity index (χ3v) is 6.01. The molecule has 0 unspecified atom stereocenters. The van der Waals surface area contributed by atoms with Crippen molar-refractivity contribution in [3.05, 3.63) is 17.5 Å². The molecule has 0 N–H and O–H groups in total. The number of carbonyl (C=O) groups is 1. The van der Waals surface area contributed by atoms with E-state index in [1.165, 1.54) is 10.6 Å². The molecule has 0 spiro atoms. The Kier molecular flexibility index (Phi) is 5.11. The SMILES string of the molecule is Cc1c(C(=O)N2CCC(N(C)S(C)(=O)=O)CC2)cnn1C(C)(C)C. The fourth-order valence-electron chi connectivity index (χ4n) is 3.17. The van der Waals surface area contributed by atoms with Crippen LogP contribution in [0.2, 0.25) is 0 Å². The Morgan fingerprint density at radius 1 is 1.29 bits per heavy atom. The molecule has 2 rings (SSSR count). The van der Waals surface area contributed by atoms with E-state index in [2.05, 4.69) is 5.10 Å². The van der Waals surface area contributed by atoms with Crippen molar-refractivity contribution in [2.45, 2.75) is 52.1 Å². The van der Waals surface area contributed by atoms with Gasteiger partial charge in [-0.2, -0.15) is 5.10 Å². The van der Waals surface area contributed by atoms with Crippen LogP contribution < -0.4 is 0 Å². The van der Waals surface area contributed by atoms with E-state index >= 15 is 0 Å². The van der Waals surface area contributed by atoms with Gasteiger partial charge in [0.1, 0.15) is 0 Å². The fraction of sp³-hybridized carbons (Fsp3) is 0.750. The smallest absolute Gasteiger partial charge is 0.257 e. The van der Waals surface area contributed by atoms with E-state index in [0.29, 0.717) is 31.5 Å². The molecule has 0 radical (unpaired) electrons. The predicted molar refractivity (Wildman–Crippen MR) is 93.5 cm³/mol. The van der Waals surface area contributed by atoms with Gasteiger partial charge in [0.05, 0.1) is 23.6 Å². The first-order valence-electron chi connectivity index (χ1n) is 8.20. The van der Waals surface area contributed by atoms with Crippen LogP contribution in [0.3, 0.4) is 0 Å². The molecule has 136 valence electrons. The van der Waals surface area contributed by atoms with Crippen molar-refractivity contribution in [1.29, 1.82) is 0 Å². The number of rotatable bonds is 3. The van der Waals surface area contributed by atoms with Gasteiger partial charge in [-0.05, 0) is 40.5 Å². The van der Waals surface area contributed by atoms with Gasteiger partial charge in [-0.1, -0.05) is 0 Å². The monoisotopic (exact) mass is 356 g/mol. The number of aromatic nitrogens is 2. The van der Waals surface area contributed by atoms with Crippen LogP contribution in [0.1, 0.15) is 49.7 Å². The third-order valence-electron chi connectivity index (χ3n) is 4.66.